The molecule has 0 aromatic heterocycles. The van der Waals surface area contributed by atoms with Gasteiger partial charge >= 0.3 is 0 Å². The van der Waals surface area contributed by atoms with Crippen LogP contribution in [0.2, 0.25) is 0 Å². The summed E-state index contributed by atoms with van der Waals surface area (Å²) in [5.74, 6) is 0.389. The topological polar surface area (TPSA) is 38.4 Å². The first-order valence-corrected chi connectivity index (χ1v) is 4.33. The standard InChI is InChI=1S/C10H18N2/c1-5-9(6-2)10(7-3)12-8(4)11/h5H,4,6-7,11H2,1-3H3/b9-5-,12-10-. The molecular weight excluding hydrogens is 148 g/mol. The van der Waals surface area contributed by atoms with Gasteiger partial charge in [-0.05, 0) is 25.3 Å². The number of nitrogens with two attached hydrogens (primary N) is 1. The second-order valence-corrected chi connectivity index (χ2v) is 2.57. The number of nitrogens with zero attached hydrogens (tertiary/aromatic N) is 1. The smallest absolute Gasteiger partial charge is 0.116 e. The molecule has 0 fully saturated rings. The molecule has 0 radical (unpaired) electrons. The van der Waals surface area contributed by atoms with Gasteiger partial charge in [0.15, 0.2) is 0 Å². The zero-order valence-corrected chi connectivity index (χ0v) is 8.22. The first kappa shape index (κ1) is 11.0. The lowest BCUT2D eigenvalue weighted by atomic mass is 10.1. The van der Waals surface area contributed by atoms with E-state index in [0.717, 1.165) is 18.6 Å². The van der Waals surface area contributed by atoms with Crippen LogP contribution in [0.25, 0.3) is 0 Å². The summed E-state index contributed by atoms with van der Waals surface area (Å²) >= 11 is 0. The van der Waals surface area contributed by atoms with E-state index in [1.54, 1.807) is 0 Å². The molecule has 0 unspecified atom stereocenters. The van der Waals surface area contributed by atoms with Crippen molar-refractivity contribution in [3.8, 4) is 0 Å². The van der Waals surface area contributed by atoms with Crippen molar-refractivity contribution in [3.63, 3.8) is 0 Å². The van der Waals surface area contributed by atoms with Crippen LogP contribution in [0.3, 0.4) is 0 Å². The summed E-state index contributed by atoms with van der Waals surface area (Å²) in [7, 11) is 0. The van der Waals surface area contributed by atoms with Gasteiger partial charge in [-0.1, -0.05) is 26.5 Å². The Hall–Kier alpha value is -1.05. The summed E-state index contributed by atoms with van der Waals surface area (Å²) in [6.45, 7) is 9.76. The first-order valence-electron chi connectivity index (χ1n) is 4.33. The molecule has 0 heterocycles. The number of allylic oxidation sites excluding steroid dienone is 2. The summed E-state index contributed by atoms with van der Waals surface area (Å²) < 4.78 is 0. The summed E-state index contributed by atoms with van der Waals surface area (Å²) in [6, 6.07) is 0. The first-order chi connectivity index (χ1) is 5.65. The molecule has 0 bridgehead atoms. The molecule has 0 saturated heterocycles. The van der Waals surface area contributed by atoms with Crippen molar-refractivity contribution in [3.05, 3.63) is 24.0 Å². The van der Waals surface area contributed by atoms with Crippen LogP contribution in [-0.4, -0.2) is 5.71 Å². The lowest BCUT2D eigenvalue weighted by Crippen LogP contribution is -2.03. The van der Waals surface area contributed by atoms with E-state index in [1.807, 2.05) is 6.92 Å². The van der Waals surface area contributed by atoms with Crippen LogP contribution in [0, 0.1) is 0 Å². The fraction of sp³-hybridized carbons (Fsp3) is 0.500. The predicted octanol–water partition coefficient (Wildman–Crippen LogP) is 2.62. The van der Waals surface area contributed by atoms with Crippen LogP contribution in [0.15, 0.2) is 29.0 Å². The predicted molar refractivity (Wildman–Crippen MR) is 55.1 cm³/mol. The van der Waals surface area contributed by atoms with Crippen LogP contribution in [-0.2, 0) is 0 Å². The maximum atomic E-state index is 5.41. The number of rotatable bonds is 4. The molecule has 2 nitrogen and oxygen atoms in total. The Bertz CT molecular complexity index is 212. The van der Waals surface area contributed by atoms with Gasteiger partial charge in [0, 0.05) is 5.71 Å². The minimum absolute atomic E-state index is 0.389. The highest BCUT2D eigenvalue weighted by molar-refractivity contribution is 6.00. The van der Waals surface area contributed by atoms with Gasteiger partial charge in [0.05, 0.1) is 0 Å². The highest BCUT2D eigenvalue weighted by Gasteiger charge is 2.00. The van der Waals surface area contributed by atoms with Crippen molar-refractivity contribution in [1.29, 1.82) is 0 Å². The van der Waals surface area contributed by atoms with E-state index >= 15 is 0 Å². The van der Waals surface area contributed by atoms with Crippen molar-refractivity contribution in [2.24, 2.45) is 10.7 Å². The van der Waals surface area contributed by atoms with E-state index in [4.69, 9.17) is 5.73 Å². The van der Waals surface area contributed by atoms with Gasteiger partial charge in [-0.15, -0.1) is 0 Å². The Morgan fingerprint density at radius 3 is 2.25 bits per heavy atom. The third-order valence-electron chi connectivity index (χ3n) is 1.71. The monoisotopic (exact) mass is 166 g/mol. The average Bonchev–Trinajstić information content (AvgIpc) is 2.04. The highest BCUT2D eigenvalue weighted by Crippen LogP contribution is 2.07. The Morgan fingerprint density at radius 2 is 2.00 bits per heavy atom. The fourth-order valence-electron chi connectivity index (χ4n) is 1.13. The summed E-state index contributed by atoms with van der Waals surface area (Å²) in [6.07, 6.45) is 3.98. The normalized spacial score (nSPS) is 13.2. The van der Waals surface area contributed by atoms with Gasteiger partial charge < -0.3 is 5.73 Å². The van der Waals surface area contributed by atoms with Gasteiger partial charge in [-0.25, -0.2) is 4.99 Å². The van der Waals surface area contributed by atoms with Crippen molar-refractivity contribution in [1.82, 2.24) is 0 Å². The Morgan fingerprint density at radius 1 is 1.42 bits per heavy atom. The molecule has 2 heteroatoms. The molecule has 0 aliphatic carbocycles. The largest absolute Gasteiger partial charge is 0.384 e. The average molecular weight is 166 g/mol. The lowest BCUT2D eigenvalue weighted by molar-refractivity contribution is 1.11. The van der Waals surface area contributed by atoms with Gasteiger partial charge in [-0.2, -0.15) is 0 Å². The number of hydrogen-bond donors (Lipinski definition) is 1. The van der Waals surface area contributed by atoms with E-state index in [0.29, 0.717) is 5.82 Å². The molecule has 68 valence electrons. The van der Waals surface area contributed by atoms with Gasteiger partial charge in [-0.3, -0.25) is 0 Å². The molecule has 0 amide bonds. The van der Waals surface area contributed by atoms with Crippen LogP contribution in [0.4, 0.5) is 0 Å². The van der Waals surface area contributed by atoms with E-state index < -0.39 is 0 Å². The minimum atomic E-state index is 0.389. The highest BCUT2D eigenvalue weighted by atomic mass is 14.9. The van der Waals surface area contributed by atoms with Crippen LogP contribution in [0.5, 0.6) is 0 Å². The molecule has 0 aliphatic heterocycles. The summed E-state index contributed by atoms with van der Waals surface area (Å²) in [5, 5.41) is 0. The fourth-order valence-corrected chi connectivity index (χ4v) is 1.13. The second kappa shape index (κ2) is 5.58. The van der Waals surface area contributed by atoms with Crippen molar-refractivity contribution >= 4 is 5.71 Å². The second-order valence-electron chi connectivity index (χ2n) is 2.57. The van der Waals surface area contributed by atoms with Crippen LogP contribution >= 0.6 is 0 Å². The number of hydrogen-bond acceptors (Lipinski definition) is 2. The van der Waals surface area contributed by atoms with E-state index in [2.05, 4.69) is 31.5 Å². The van der Waals surface area contributed by atoms with Gasteiger partial charge in [0.2, 0.25) is 0 Å². The number of aliphatic imine (C=N–C) groups is 1. The molecule has 0 aliphatic rings. The third-order valence-corrected chi connectivity index (χ3v) is 1.71. The zero-order chi connectivity index (χ0) is 9.56. The maximum Gasteiger partial charge on any atom is 0.116 e. The summed E-state index contributed by atoms with van der Waals surface area (Å²) in [4.78, 5) is 4.17. The van der Waals surface area contributed by atoms with E-state index in [-0.39, 0.29) is 0 Å². The molecular formula is C10H18N2. The van der Waals surface area contributed by atoms with E-state index in [1.165, 1.54) is 5.57 Å². The Labute approximate surface area is 74.9 Å². The molecule has 0 rings (SSSR count). The summed E-state index contributed by atoms with van der Waals surface area (Å²) in [5.41, 5.74) is 7.71. The van der Waals surface area contributed by atoms with Crippen molar-refractivity contribution < 1.29 is 0 Å². The lowest BCUT2D eigenvalue weighted by Gasteiger charge is -2.05. The third kappa shape index (κ3) is 3.37. The van der Waals surface area contributed by atoms with Gasteiger partial charge in [0.25, 0.3) is 0 Å². The quantitative estimate of drug-likeness (QED) is 0.640. The molecule has 0 aromatic carbocycles. The minimum Gasteiger partial charge on any atom is -0.384 e. The SMILES string of the molecule is C=C(N)/N=C(CC)\C(=C/C)CC. The molecule has 0 spiro atoms. The maximum absolute atomic E-state index is 5.41. The zero-order valence-electron chi connectivity index (χ0n) is 8.22. The van der Waals surface area contributed by atoms with E-state index in [9.17, 15) is 0 Å². The molecule has 0 atom stereocenters. The Kier molecular flexibility index (Phi) is 5.09. The molecule has 0 aromatic rings. The van der Waals surface area contributed by atoms with Crippen molar-refractivity contribution in [2.45, 2.75) is 33.6 Å². The van der Waals surface area contributed by atoms with Crippen LogP contribution < -0.4 is 5.73 Å². The molecule has 0 saturated carbocycles. The van der Waals surface area contributed by atoms with Gasteiger partial charge in [0.1, 0.15) is 5.82 Å². The Balaban J connectivity index is 4.65. The molecule has 12 heavy (non-hydrogen) atoms. The van der Waals surface area contributed by atoms with Crippen LogP contribution in [0.1, 0.15) is 33.6 Å². The van der Waals surface area contributed by atoms with Crippen molar-refractivity contribution in [2.75, 3.05) is 0 Å². The molecule has 2 N–H and O–H groups in total.